The fourth-order valence-electron chi connectivity index (χ4n) is 1.23. The van der Waals surface area contributed by atoms with Crippen LogP contribution in [0.15, 0.2) is 0 Å². The molecule has 0 radical (unpaired) electrons. The summed E-state index contributed by atoms with van der Waals surface area (Å²) in [6.45, 7) is 5.53. The summed E-state index contributed by atoms with van der Waals surface area (Å²) in [7, 11) is 0. The van der Waals surface area contributed by atoms with Crippen molar-refractivity contribution in [3.8, 4) is 11.8 Å². The molecular weight excluding hydrogens is 360 g/mol. The molecule has 0 spiro atoms. The molecule has 0 aliphatic heterocycles. The maximum atomic E-state index is 5.58. The summed E-state index contributed by atoms with van der Waals surface area (Å²) in [6.07, 6.45) is 4.44. The molecule has 0 amide bonds. The first-order chi connectivity index (χ1) is 8.70. The first-order valence-corrected chi connectivity index (χ1v) is 8.81. The van der Waals surface area contributed by atoms with E-state index in [2.05, 4.69) is 43.7 Å². The SMILES string of the molecule is CC(C#CC(C)OCCCCBr)OCCCCBr. The van der Waals surface area contributed by atoms with Crippen LogP contribution in [-0.4, -0.2) is 36.1 Å². The maximum absolute atomic E-state index is 5.58. The Morgan fingerprint density at radius 1 is 0.778 bits per heavy atom. The second kappa shape index (κ2) is 13.9. The van der Waals surface area contributed by atoms with Gasteiger partial charge in [-0.3, -0.25) is 0 Å². The van der Waals surface area contributed by atoms with Crippen molar-refractivity contribution in [2.24, 2.45) is 0 Å². The number of hydrogen-bond donors (Lipinski definition) is 0. The topological polar surface area (TPSA) is 18.5 Å². The van der Waals surface area contributed by atoms with E-state index in [1.807, 2.05) is 13.8 Å². The van der Waals surface area contributed by atoms with E-state index in [1.54, 1.807) is 0 Å². The summed E-state index contributed by atoms with van der Waals surface area (Å²) in [5, 5.41) is 2.07. The molecule has 2 unspecified atom stereocenters. The Morgan fingerprint density at radius 2 is 1.17 bits per heavy atom. The Kier molecular flexibility index (Phi) is 14.2. The number of hydrogen-bond acceptors (Lipinski definition) is 2. The second-order valence-corrected chi connectivity index (χ2v) is 5.69. The lowest BCUT2D eigenvalue weighted by atomic mass is 10.3. The van der Waals surface area contributed by atoms with Crippen LogP contribution in [0.3, 0.4) is 0 Å². The van der Waals surface area contributed by atoms with Crippen LogP contribution >= 0.6 is 31.9 Å². The molecule has 0 N–H and O–H groups in total. The molecule has 0 saturated carbocycles. The van der Waals surface area contributed by atoms with Gasteiger partial charge in [0.15, 0.2) is 0 Å². The van der Waals surface area contributed by atoms with Crippen molar-refractivity contribution in [2.75, 3.05) is 23.9 Å². The number of ether oxygens (including phenoxy) is 2. The Hall–Kier alpha value is 0.440. The highest BCUT2D eigenvalue weighted by Crippen LogP contribution is 1.99. The van der Waals surface area contributed by atoms with E-state index in [4.69, 9.17) is 9.47 Å². The van der Waals surface area contributed by atoms with Gasteiger partial charge in [0.05, 0.1) is 0 Å². The molecule has 0 fully saturated rings. The van der Waals surface area contributed by atoms with Gasteiger partial charge in [0.1, 0.15) is 12.2 Å². The van der Waals surface area contributed by atoms with Crippen molar-refractivity contribution in [3.05, 3.63) is 0 Å². The molecule has 18 heavy (non-hydrogen) atoms. The molecule has 2 nitrogen and oxygen atoms in total. The van der Waals surface area contributed by atoms with Gasteiger partial charge in [0, 0.05) is 23.9 Å². The van der Waals surface area contributed by atoms with Crippen molar-refractivity contribution < 1.29 is 9.47 Å². The maximum Gasteiger partial charge on any atom is 0.115 e. The van der Waals surface area contributed by atoms with Crippen LogP contribution in [0.25, 0.3) is 0 Å². The Bertz CT molecular complexity index is 214. The van der Waals surface area contributed by atoms with Gasteiger partial charge in [0.25, 0.3) is 0 Å². The molecule has 0 aliphatic carbocycles. The van der Waals surface area contributed by atoms with E-state index in [1.165, 1.54) is 0 Å². The monoisotopic (exact) mass is 382 g/mol. The highest BCUT2D eigenvalue weighted by atomic mass is 79.9. The van der Waals surface area contributed by atoms with Crippen molar-refractivity contribution in [2.45, 2.75) is 51.7 Å². The van der Waals surface area contributed by atoms with Crippen LogP contribution in [0.4, 0.5) is 0 Å². The fourth-order valence-corrected chi connectivity index (χ4v) is 2.02. The predicted molar refractivity (Wildman–Crippen MR) is 84.7 cm³/mol. The van der Waals surface area contributed by atoms with E-state index >= 15 is 0 Å². The van der Waals surface area contributed by atoms with Gasteiger partial charge in [-0.15, -0.1) is 0 Å². The Morgan fingerprint density at radius 3 is 1.50 bits per heavy atom. The lowest BCUT2D eigenvalue weighted by Gasteiger charge is -2.08. The van der Waals surface area contributed by atoms with Crippen molar-refractivity contribution in [3.63, 3.8) is 0 Å². The number of alkyl halides is 2. The number of unbranched alkanes of at least 4 members (excludes halogenated alkanes) is 2. The van der Waals surface area contributed by atoms with Crippen molar-refractivity contribution in [1.82, 2.24) is 0 Å². The zero-order valence-corrected chi connectivity index (χ0v) is 14.6. The Balaban J connectivity index is 3.58. The zero-order chi connectivity index (χ0) is 13.6. The van der Waals surface area contributed by atoms with Gasteiger partial charge < -0.3 is 9.47 Å². The van der Waals surface area contributed by atoms with E-state index in [-0.39, 0.29) is 12.2 Å². The summed E-state index contributed by atoms with van der Waals surface area (Å²) in [5.74, 6) is 6.16. The second-order valence-electron chi connectivity index (χ2n) is 4.11. The predicted octanol–water partition coefficient (Wildman–Crippen LogP) is 4.15. The fraction of sp³-hybridized carbons (Fsp3) is 0.857. The molecule has 106 valence electrons. The lowest BCUT2D eigenvalue weighted by Crippen LogP contribution is -2.10. The van der Waals surface area contributed by atoms with E-state index in [0.29, 0.717) is 0 Å². The number of rotatable bonds is 10. The quantitative estimate of drug-likeness (QED) is 0.320. The molecule has 2 atom stereocenters. The third kappa shape index (κ3) is 12.9. The van der Waals surface area contributed by atoms with Crippen LogP contribution in [0.2, 0.25) is 0 Å². The van der Waals surface area contributed by atoms with Gasteiger partial charge in [-0.1, -0.05) is 43.7 Å². The van der Waals surface area contributed by atoms with E-state index in [9.17, 15) is 0 Å². The largest absolute Gasteiger partial charge is 0.366 e. The van der Waals surface area contributed by atoms with Crippen LogP contribution in [0.5, 0.6) is 0 Å². The normalized spacial score (nSPS) is 13.8. The third-order valence-electron chi connectivity index (χ3n) is 2.28. The average Bonchev–Trinajstić information content (AvgIpc) is 2.37. The molecule has 0 aromatic carbocycles. The highest BCUT2D eigenvalue weighted by molar-refractivity contribution is 9.09. The Labute approximate surface area is 128 Å². The minimum Gasteiger partial charge on any atom is -0.366 e. The van der Waals surface area contributed by atoms with Gasteiger partial charge in [-0.25, -0.2) is 0 Å². The van der Waals surface area contributed by atoms with Crippen LogP contribution < -0.4 is 0 Å². The van der Waals surface area contributed by atoms with E-state index in [0.717, 1.165) is 49.6 Å². The third-order valence-corrected chi connectivity index (χ3v) is 3.40. The summed E-state index contributed by atoms with van der Waals surface area (Å²) in [5.41, 5.74) is 0. The lowest BCUT2D eigenvalue weighted by molar-refractivity contribution is 0.0944. The minimum absolute atomic E-state index is 0.00563. The number of halogens is 2. The molecule has 0 rings (SSSR count). The van der Waals surface area contributed by atoms with Gasteiger partial charge in [-0.2, -0.15) is 0 Å². The molecule has 0 aromatic heterocycles. The average molecular weight is 384 g/mol. The summed E-state index contributed by atoms with van der Waals surface area (Å²) in [4.78, 5) is 0. The van der Waals surface area contributed by atoms with Crippen molar-refractivity contribution in [1.29, 1.82) is 0 Å². The molecule has 0 heterocycles. The van der Waals surface area contributed by atoms with Gasteiger partial charge in [-0.05, 0) is 39.5 Å². The summed E-state index contributed by atoms with van der Waals surface area (Å²) in [6, 6.07) is 0. The van der Waals surface area contributed by atoms with Gasteiger partial charge >= 0.3 is 0 Å². The summed E-state index contributed by atoms with van der Waals surface area (Å²) < 4.78 is 11.2. The molecule has 0 bridgehead atoms. The van der Waals surface area contributed by atoms with E-state index < -0.39 is 0 Å². The molecule has 0 aromatic rings. The summed E-state index contributed by atoms with van der Waals surface area (Å²) >= 11 is 6.80. The zero-order valence-electron chi connectivity index (χ0n) is 11.4. The minimum atomic E-state index is -0.00563. The smallest absolute Gasteiger partial charge is 0.115 e. The van der Waals surface area contributed by atoms with Crippen molar-refractivity contribution >= 4 is 31.9 Å². The highest BCUT2D eigenvalue weighted by Gasteiger charge is 1.99. The molecule has 0 saturated heterocycles. The van der Waals surface area contributed by atoms with Crippen LogP contribution in [0, 0.1) is 11.8 Å². The molecular formula is C14H24Br2O2. The first-order valence-electron chi connectivity index (χ1n) is 6.57. The van der Waals surface area contributed by atoms with Gasteiger partial charge in [0.2, 0.25) is 0 Å². The van der Waals surface area contributed by atoms with Crippen LogP contribution in [0.1, 0.15) is 39.5 Å². The first kappa shape index (κ1) is 18.4. The van der Waals surface area contributed by atoms with Crippen LogP contribution in [-0.2, 0) is 9.47 Å². The molecule has 0 aliphatic rings. The molecule has 4 heteroatoms. The standard InChI is InChI=1S/C14H24Br2O2/c1-13(17-11-5-3-9-15)7-8-14(2)18-12-6-4-10-16/h13-14H,3-6,9-12H2,1-2H3.